The summed E-state index contributed by atoms with van der Waals surface area (Å²) in [6.45, 7) is 2.31. The fourth-order valence-electron chi connectivity index (χ4n) is 2.50. The molecule has 0 fully saturated rings. The highest BCUT2D eigenvalue weighted by Gasteiger charge is 2.16. The van der Waals surface area contributed by atoms with Crippen LogP contribution in [0.2, 0.25) is 10.0 Å². The number of fused-ring (bicyclic) bond motifs is 1. The second-order valence-electron chi connectivity index (χ2n) is 5.01. The normalized spacial score (nSPS) is 11.0. The first-order valence-corrected chi connectivity index (χ1v) is 7.43. The summed E-state index contributed by atoms with van der Waals surface area (Å²) in [6, 6.07) is 11.1. The Kier molecular flexibility index (Phi) is 3.81. The first-order chi connectivity index (χ1) is 10.5. The fraction of sp³-hybridized carbons (Fsp3) is 0.125. The van der Waals surface area contributed by atoms with E-state index in [2.05, 4.69) is 5.10 Å². The average molecular weight is 334 g/mol. The van der Waals surface area contributed by atoms with E-state index in [9.17, 15) is 4.79 Å². The Hall–Kier alpha value is -2.04. The third-order valence-corrected chi connectivity index (χ3v) is 4.39. The zero-order valence-corrected chi connectivity index (χ0v) is 13.3. The molecule has 22 heavy (non-hydrogen) atoms. The molecule has 1 aromatic heterocycles. The lowest BCUT2D eigenvalue weighted by atomic mass is 10.1. The number of rotatable bonds is 3. The van der Waals surface area contributed by atoms with Gasteiger partial charge < -0.3 is 5.73 Å². The van der Waals surface area contributed by atoms with Gasteiger partial charge in [-0.05, 0) is 25.1 Å². The van der Waals surface area contributed by atoms with Gasteiger partial charge in [0.05, 0.1) is 28.3 Å². The Morgan fingerprint density at radius 2 is 1.95 bits per heavy atom. The predicted octanol–water partition coefficient (Wildman–Crippen LogP) is 3.80. The summed E-state index contributed by atoms with van der Waals surface area (Å²) in [7, 11) is 0. The Balaban J connectivity index is 2.13. The van der Waals surface area contributed by atoms with Gasteiger partial charge in [-0.15, -0.1) is 0 Å². The molecule has 0 atom stereocenters. The van der Waals surface area contributed by atoms with Crippen LogP contribution in [-0.2, 0) is 6.54 Å². The molecule has 0 radical (unpaired) electrons. The van der Waals surface area contributed by atoms with E-state index in [0.717, 1.165) is 16.6 Å². The number of hydrogen-bond acceptors (Lipinski definition) is 2. The third kappa shape index (κ3) is 2.45. The zero-order valence-electron chi connectivity index (χ0n) is 11.8. The second-order valence-corrected chi connectivity index (χ2v) is 5.80. The Morgan fingerprint density at radius 3 is 2.68 bits per heavy atom. The van der Waals surface area contributed by atoms with Gasteiger partial charge in [0.25, 0.3) is 0 Å². The van der Waals surface area contributed by atoms with Crippen LogP contribution >= 0.6 is 23.2 Å². The highest BCUT2D eigenvalue weighted by molar-refractivity contribution is 6.38. The van der Waals surface area contributed by atoms with Crippen molar-refractivity contribution in [3.8, 4) is 0 Å². The first kappa shape index (κ1) is 14.9. The monoisotopic (exact) mass is 333 g/mol. The molecule has 2 aromatic carbocycles. The molecular formula is C16H13Cl2N3O. The minimum absolute atomic E-state index is 0.259. The lowest BCUT2D eigenvalue weighted by Gasteiger charge is -2.11. The zero-order chi connectivity index (χ0) is 15.9. The van der Waals surface area contributed by atoms with Crippen LogP contribution in [0.15, 0.2) is 36.4 Å². The number of aromatic nitrogens is 2. The van der Waals surface area contributed by atoms with E-state index >= 15 is 0 Å². The first-order valence-electron chi connectivity index (χ1n) is 6.68. The number of nitrogens with two attached hydrogens (primary N) is 1. The van der Waals surface area contributed by atoms with Crippen molar-refractivity contribution in [1.82, 2.24) is 9.78 Å². The number of carbonyl (C=O) groups is 1. The molecule has 2 N–H and O–H groups in total. The van der Waals surface area contributed by atoms with Gasteiger partial charge in [0, 0.05) is 16.0 Å². The minimum atomic E-state index is -0.579. The van der Waals surface area contributed by atoms with Gasteiger partial charge in [-0.1, -0.05) is 41.4 Å². The molecule has 3 rings (SSSR count). The van der Waals surface area contributed by atoms with Crippen LogP contribution in [-0.4, -0.2) is 15.7 Å². The van der Waals surface area contributed by atoms with Crippen molar-refractivity contribution in [2.45, 2.75) is 13.5 Å². The van der Waals surface area contributed by atoms with E-state index in [1.807, 2.05) is 35.9 Å². The van der Waals surface area contributed by atoms with Gasteiger partial charge >= 0.3 is 0 Å². The van der Waals surface area contributed by atoms with Gasteiger partial charge in [0.2, 0.25) is 5.91 Å². The molecule has 0 saturated carbocycles. The SMILES string of the molecule is Cc1nn(Cc2c(Cl)ccc(C(N)=O)c2Cl)c2ccccc12. The van der Waals surface area contributed by atoms with Gasteiger partial charge in [0.1, 0.15) is 0 Å². The van der Waals surface area contributed by atoms with Crippen molar-refractivity contribution in [3.63, 3.8) is 0 Å². The molecule has 6 heteroatoms. The van der Waals surface area contributed by atoms with Gasteiger partial charge in [-0.25, -0.2) is 0 Å². The van der Waals surface area contributed by atoms with Gasteiger partial charge in [-0.2, -0.15) is 5.10 Å². The van der Waals surface area contributed by atoms with E-state index in [0.29, 0.717) is 17.1 Å². The molecule has 3 aromatic rings. The van der Waals surface area contributed by atoms with Crippen LogP contribution in [0.4, 0.5) is 0 Å². The molecule has 0 aliphatic carbocycles. The number of primary amides is 1. The van der Waals surface area contributed by atoms with E-state index in [1.165, 1.54) is 6.07 Å². The summed E-state index contributed by atoms with van der Waals surface area (Å²) in [6.07, 6.45) is 0. The Bertz CT molecular complexity index is 886. The molecule has 4 nitrogen and oxygen atoms in total. The number of hydrogen-bond donors (Lipinski definition) is 1. The van der Waals surface area contributed by atoms with Crippen LogP contribution in [0.5, 0.6) is 0 Å². The molecule has 0 saturated heterocycles. The summed E-state index contributed by atoms with van der Waals surface area (Å²) in [4.78, 5) is 11.4. The van der Waals surface area contributed by atoms with Crippen molar-refractivity contribution in [1.29, 1.82) is 0 Å². The molecule has 0 aliphatic rings. The number of para-hydroxylation sites is 1. The molecular weight excluding hydrogens is 321 g/mol. The van der Waals surface area contributed by atoms with Crippen LogP contribution in [0, 0.1) is 6.92 Å². The van der Waals surface area contributed by atoms with E-state index in [-0.39, 0.29) is 10.6 Å². The average Bonchev–Trinajstić information content (AvgIpc) is 2.80. The van der Waals surface area contributed by atoms with Crippen molar-refractivity contribution in [2.24, 2.45) is 5.73 Å². The second kappa shape index (κ2) is 5.63. The van der Waals surface area contributed by atoms with Crippen molar-refractivity contribution in [3.05, 3.63) is 63.3 Å². The van der Waals surface area contributed by atoms with Crippen LogP contribution in [0.3, 0.4) is 0 Å². The van der Waals surface area contributed by atoms with Crippen LogP contribution in [0.25, 0.3) is 10.9 Å². The summed E-state index contributed by atoms with van der Waals surface area (Å²) >= 11 is 12.5. The highest BCUT2D eigenvalue weighted by atomic mass is 35.5. The molecule has 1 amide bonds. The number of nitrogens with zero attached hydrogens (tertiary/aromatic N) is 2. The summed E-state index contributed by atoms with van der Waals surface area (Å²) < 4.78 is 1.82. The number of amides is 1. The van der Waals surface area contributed by atoms with Crippen molar-refractivity contribution in [2.75, 3.05) is 0 Å². The Morgan fingerprint density at radius 1 is 1.23 bits per heavy atom. The summed E-state index contributed by atoms with van der Waals surface area (Å²) in [5, 5.41) is 6.35. The Labute approximate surface area is 137 Å². The third-order valence-electron chi connectivity index (χ3n) is 3.60. The number of carbonyl (C=O) groups excluding carboxylic acids is 1. The molecule has 0 aliphatic heterocycles. The minimum Gasteiger partial charge on any atom is -0.366 e. The lowest BCUT2D eigenvalue weighted by molar-refractivity contribution is 0.100. The molecule has 1 heterocycles. The van der Waals surface area contributed by atoms with E-state index < -0.39 is 5.91 Å². The topological polar surface area (TPSA) is 60.9 Å². The summed E-state index contributed by atoms with van der Waals surface area (Å²) in [5.41, 5.74) is 8.13. The number of aryl methyl sites for hydroxylation is 1. The van der Waals surface area contributed by atoms with Gasteiger partial charge in [0.15, 0.2) is 0 Å². The standard InChI is InChI=1S/C16H13Cl2N3O/c1-9-10-4-2-3-5-14(10)21(20-9)8-12-13(17)7-6-11(15(12)18)16(19)22/h2-7H,8H2,1H3,(H2,19,22). The van der Waals surface area contributed by atoms with E-state index in [1.54, 1.807) is 6.07 Å². The predicted molar refractivity (Wildman–Crippen MR) is 88.6 cm³/mol. The number of halogens is 2. The number of benzene rings is 2. The van der Waals surface area contributed by atoms with Crippen LogP contribution < -0.4 is 5.73 Å². The van der Waals surface area contributed by atoms with Gasteiger partial charge in [-0.3, -0.25) is 9.48 Å². The summed E-state index contributed by atoms with van der Waals surface area (Å²) in [5.74, 6) is -0.579. The van der Waals surface area contributed by atoms with Crippen LogP contribution in [0.1, 0.15) is 21.6 Å². The van der Waals surface area contributed by atoms with Crippen molar-refractivity contribution >= 4 is 40.0 Å². The molecule has 0 spiro atoms. The smallest absolute Gasteiger partial charge is 0.250 e. The molecule has 112 valence electrons. The highest BCUT2D eigenvalue weighted by Crippen LogP contribution is 2.30. The van der Waals surface area contributed by atoms with Crippen molar-refractivity contribution < 1.29 is 4.79 Å². The molecule has 0 bridgehead atoms. The quantitative estimate of drug-likeness (QED) is 0.792. The lowest BCUT2D eigenvalue weighted by Crippen LogP contribution is -2.13. The van der Waals surface area contributed by atoms with E-state index in [4.69, 9.17) is 28.9 Å². The maximum Gasteiger partial charge on any atom is 0.250 e. The fourth-order valence-corrected chi connectivity index (χ4v) is 3.08. The largest absolute Gasteiger partial charge is 0.366 e. The molecule has 0 unspecified atom stereocenters. The maximum absolute atomic E-state index is 11.4. The maximum atomic E-state index is 11.4.